The van der Waals surface area contributed by atoms with E-state index in [1.54, 1.807) is 4.90 Å². The number of halogens is 2. The molecule has 30 heavy (non-hydrogen) atoms. The topological polar surface area (TPSA) is 55.9 Å². The third-order valence-electron chi connectivity index (χ3n) is 5.87. The van der Waals surface area contributed by atoms with Crippen molar-refractivity contribution in [1.29, 1.82) is 0 Å². The zero-order valence-electron chi connectivity index (χ0n) is 17.5. The molecule has 166 valence electrons. The molecule has 2 heterocycles. The van der Waals surface area contributed by atoms with Gasteiger partial charge in [0, 0.05) is 51.3 Å². The molecule has 2 fully saturated rings. The Balaban J connectivity index is 1.59. The van der Waals surface area contributed by atoms with Crippen LogP contribution in [-0.2, 0) is 4.79 Å². The summed E-state index contributed by atoms with van der Waals surface area (Å²) in [6.07, 6.45) is 4.70. The van der Waals surface area contributed by atoms with Crippen molar-refractivity contribution in [3.63, 3.8) is 0 Å². The van der Waals surface area contributed by atoms with Gasteiger partial charge < -0.3 is 20.0 Å². The maximum Gasteiger partial charge on any atom is 0.253 e. The molecule has 1 N–H and O–H groups in total. The van der Waals surface area contributed by atoms with Crippen LogP contribution in [-0.4, -0.2) is 85.4 Å². The third-order valence-corrected chi connectivity index (χ3v) is 5.87. The van der Waals surface area contributed by atoms with Crippen molar-refractivity contribution >= 4 is 11.8 Å². The Labute approximate surface area is 177 Å². The Morgan fingerprint density at radius 3 is 2.40 bits per heavy atom. The van der Waals surface area contributed by atoms with E-state index in [0.29, 0.717) is 19.6 Å². The van der Waals surface area contributed by atoms with E-state index in [9.17, 15) is 18.4 Å². The SMILES string of the molecule is O=C(CCN(CCCN1CCCCC1)C(=O)c1ccc(F)c(F)c1)N1CCNCC1. The molecular weight excluding hydrogens is 390 g/mol. The van der Waals surface area contributed by atoms with Crippen LogP contribution in [0.25, 0.3) is 0 Å². The number of benzene rings is 1. The van der Waals surface area contributed by atoms with E-state index in [4.69, 9.17) is 0 Å². The fourth-order valence-electron chi connectivity index (χ4n) is 4.10. The van der Waals surface area contributed by atoms with Gasteiger partial charge in [0.05, 0.1) is 0 Å². The van der Waals surface area contributed by atoms with Gasteiger partial charge in [-0.2, -0.15) is 0 Å². The molecule has 8 heteroatoms. The first-order chi connectivity index (χ1) is 14.5. The molecule has 1 aromatic rings. The Kier molecular flexibility index (Phi) is 8.57. The van der Waals surface area contributed by atoms with E-state index in [-0.39, 0.29) is 30.3 Å². The number of carbonyl (C=O) groups excluding carboxylic acids is 2. The van der Waals surface area contributed by atoms with Gasteiger partial charge in [-0.3, -0.25) is 9.59 Å². The van der Waals surface area contributed by atoms with Gasteiger partial charge in [-0.15, -0.1) is 0 Å². The van der Waals surface area contributed by atoms with Gasteiger partial charge in [0.2, 0.25) is 5.91 Å². The number of rotatable bonds is 8. The summed E-state index contributed by atoms with van der Waals surface area (Å²) in [5.74, 6) is -2.35. The number of piperidine rings is 1. The van der Waals surface area contributed by atoms with Crippen LogP contribution in [0.2, 0.25) is 0 Å². The number of hydrogen-bond acceptors (Lipinski definition) is 4. The predicted molar refractivity (Wildman–Crippen MR) is 111 cm³/mol. The molecule has 0 saturated carbocycles. The summed E-state index contributed by atoms with van der Waals surface area (Å²) in [6.45, 7) is 6.72. The fraction of sp³-hybridized carbons (Fsp3) is 0.636. The molecule has 2 aliphatic heterocycles. The molecule has 1 aromatic carbocycles. The van der Waals surface area contributed by atoms with E-state index >= 15 is 0 Å². The van der Waals surface area contributed by atoms with Gasteiger partial charge >= 0.3 is 0 Å². The van der Waals surface area contributed by atoms with Gasteiger partial charge in [-0.1, -0.05) is 6.42 Å². The highest BCUT2D eigenvalue weighted by molar-refractivity contribution is 5.94. The molecule has 0 atom stereocenters. The Morgan fingerprint density at radius 1 is 0.967 bits per heavy atom. The van der Waals surface area contributed by atoms with Crippen molar-refractivity contribution in [2.45, 2.75) is 32.1 Å². The summed E-state index contributed by atoms with van der Waals surface area (Å²) in [5.41, 5.74) is 0.112. The molecule has 3 rings (SSSR count). The van der Waals surface area contributed by atoms with Crippen molar-refractivity contribution in [2.24, 2.45) is 0 Å². The number of carbonyl (C=O) groups is 2. The van der Waals surface area contributed by atoms with Crippen LogP contribution in [0.3, 0.4) is 0 Å². The molecule has 0 spiro atoms. The minimum atomic E-state index is -1.04. The standard InChI is InChI=1S/C22H32F2N4O2/c23-19-6-5-18(17-20(19)24)22(30)28(13-4-12-26-10-2-1-3-11-26)14-7-21(29)27-15-8-25-9-16-27/h5-6,17,25H,1-4,7-16H2. The van der Waals surface area contributed by atoms with Crippen LogP contribution in [0.4, 0.5) is 8.78 Å². The minimum Gasteiger partial charge on any atom is -0.340 e. The molecule has 6 nitrogen and oxygen atoms in total. The van der Waals surface area contributed by atoms with Crippen molar-refractivity contribution in [3.8, 4) is 0 Å². The van der Waals surface area contributed by atoms with Crippen molar-refractivity contribution < 1.29 is 18.4 Å². The van der Waals surface area contributed by atoms with Gasteiger partial charge in [-0.05, 0) is 57.1 Å². The van der Waals surface area contributed by atoms with Crippen LogP contribution in [0, 0.1) is 11.6 Å². The van der Waals surface area contributed by atoms with Gasteiger partial charge in [0.15, 0.2) is 11.6 Å². The summed E-state index contributed by atoms with van der Waals surface area (Å²) in [4.78, 5) is 31.3. The second kappa shape index (κ2) is 11.4. The first-order valence-corrected chi connectivity index (χ1v) is 11.0. The van der Waals surface area contributed by atoms with Crippen LogP contribution in [0.5, 0.6) is 0 Å². The van der Waals surface area contributed by atoms with E-state index < -0.39 is 11.6 Å². The van der Waals surface area contributed by atoms with E-state index in [1.807, 2.05) is 4.90 Å². The van der Waals surface area contributed by atoms with Crippen molar-refractivity contribution in [1.82, 2.24) is 20.0 Å². The molecule has 2 saturated heterocycles. The maximum absolute atomic E-state index is 13.6. The predicted octanol–water partition coefficient (Wildman–Crippen LogP) is 2.10. The molecule has 0 bridgehead atoms. The van der Waals surface area contributed by atoms with Crippen molar-refractivity contribution in [3.05, 3.63) is 35.4 Å². The molecule has 2 aliphatic rings. The summed E-state index contributed by atoms with van der Waals surface area (Å²) < 4.78 is 26.9. The maximum atomic E-state index is 13.6. The quantitative estimate of drug-likeness (QED) is 0.697. The lowest BCUT2D eigenvalue weighted by atomic mass is 10.1. The molecular formula is C22H32F2N4O2. The summed E-state index contributed by atoms with van der Waals surface area (Å²) in [7, 11) is 0. The van der Waals surface area contributed by atoms with Crippen LogP contribution >= 0.6 is 0 Å². The fourth-order valence-corrected chi connectivity index (χ4v) is 4.10. The van der Waals surface area contributed by atoms with E-state index in [0.717, 1.165) is 51.3 Å². The molecule has 2 amide bonds. The van der Waals surface area contributed by atoms with Gasteiger partial charge in [0.1, 0.15) is 0 Å². The van der Waals surface area contributed by atoms with Gasteiger partial charge in [-0.25, -0.2) is 8.78 Å². The van der Waals surface area contributed by atoms with Crippen LogP contribution in [0.1, 0.15) is 42.5 Å². The number of amides is 2. The molecule has 0 aliphatic carbocycles. The molecule has 0 aromatic heterocycles. The van der Waals surface area contributed by atoms with Gasteiger partial charge in [0.25, 0.3) is 5.91 Å². The normalized spacial score (nSPS) is 17.7. The van der Waals surface area contributed by atoms with Crippen molar-refractivity contribution in [2.75, 3.05) is 58.9 Å². The van der Waals surface area contributed by atoms with E-state index in [1.165, 1.54) is 25.3 Å². The number of nitrogens with zero attached hydrogens (tertiary/aromatic N) is 3. The second-order valence-electron chi connectivity index (χ2n) is 8.06. The smallest absolute Gasteiger partial charge is 0.253 e. The summed E-state index contributed by atoms with van der Waals surface area (Å²) in [6, 6.07) is 3.21. The highest BCUT2D eigenvalue weighted by Crippen LogP contribution is 2.14. The Morgan fingerprint density at radius 2 is 1.70 bits per heavy atom. The van der Waals surface area contributed by atoms with Crippen LogP contribution < -0.4 is 5.32 Å². The number of piperazine rings is 1. The summed E-state index contributed by atoms with van der Waals surface area (Å²) >= 11 is 0. The average molecular weight is 423 g/mol. The minimum absolute atomic E-state index is 0.0237. The first kappa shape index (κ1) is 22.6. The second-order valence-corrected chi connectivity index (χ2v) is 8.06. The number of nitrogens with one attached hydrogen (secondary N) is 1. The zero-order valence-corrected chi connectivity index (χ0v) is 17.5. The third kappa shape index (κ3) is 6.47. The largest absolute Gasteiger partial charge is 0.340 e. The monoisotopic (exact) mass is 422 g/mol. The number of likely N-dealkylation sites (tertiary alicyclic amines) is 1. The Hall–Kier alpha value is -2.06. The lowest BCUT2D eigenvalue weighted by Gasteiger charge is -2.30. The highest BCUT2D eigenvalue weighted by atomic mass is 19.2. The van der Waals surface area contributed by atoms with E-state index in [2.05, 4.69) is 10.2 Å². The highest BCUT2D eigenvalue weighted by Gasteiger charge is 2.21. The molecule has 0 radical (unpaired) electrons. The first-order valence-electron chi connectivity index (χ1n) is 11.0. The molecule has 0 unspecified atom stereocenters. The van der Waals surface area contributed by atoms with Crippen LogP contribution in [0.15, 0.2) is 18.2 Å². The average Bonchev–Trinajstić information content (AvgIpc) is 2.78. The Bertz CT molecular complexity index is 719. The lowest BCUT2D eigenvalue weighted by Crippen LogP contribution is -2.47. The summed E-state index contributed by atoms with van der Waals surface area (Å²) in [5, 5.41) is 3.21. The number of hydrogen-bond donors (Lipinski definition) is 1. The zero-order chi connectivity index (χ0) is 21.3. The lowest BCUT2D eigenvalue weighted by molar-refractivity contribution is -0.131.